The topological polar surface area (TPSA) is 321 Å². The Hall–Kier alpha value is -1.31. The maximum absolute atomic E-state index is 11.9. The van der Waals surface area contributed by atoms with Gasteiger partial charge in [0.25, 0.3) is 0 Å². The average molecular weight is 1720 g/mol. The number of hydrogen-bond acceptors (Lipinski definition) is 23. The van der Waals surface area contributed by atoms with Gasteiger partial charge in [-0.1, -0.05) is 81.2 Å². The van der Waals surface area contributed by atoms with Gasteiger partial charge in [0.1, 0.15) is 30.7 Å². The van der Waals surface area contributed by atoms with Gasteiger partial charge in [0.2, 0.25) is 11.7 Å². The summed E-state index contributed by atoms with van der Waals surface area (Å²) < 4.78 is 53.1. The number of carbonyl (C=O) groups excluding carboxylic acids is 5. The number of rotatable bonds is 22. The van der Waals surface area contributed by atoms with Crippen molar-refractivity contribution in [3.8, 4) is 23.3 Å². The van der Waals surface area contributed by atoms with Crippen LogP contribution in [0.3, 0.4) is 0 Å². The van der Waals surface area contributed by atoms with Gasteiger partial charge < -0.3 is 56.1 Å². The molecule has 0 aromatic carbocycles. The maximum atomic E-state index is 11.9. The Morgan fingerprint density at radius 2 is 1.06 bits per heavy atom. The van der Waals surface area contributed by atoms with Crippen molar-refractivity contribution >= 4 is 73.5 Å². The number of ketones is 1. The van der Waals surface area contributed by atoms with Crippen molar-refractivity contribution in [2.45, 2.75) is 107 Å². The third-order valence-electron chi connectivity index (χ3n) is 9.38. The van der Waals surface area contributed by atoms with E-state index < -0.39 is 29.7 Å². The van der Waals surface area contributed by atoms with Crippen molar-refractivity contribution in [2.75, 3.05) is 76.6 Å². The number of carbonyl (C=O) groups is 6. The number of hydroxylamine groups is 2. The van der Waals surface area contributed by atoms with E-state index in [9.17, 15) is 28.8 Å². The third-order valence-corrected chi connectivity index (χ3v) is 9.84. The average Bonchev–Trinajstić information content (AvgIpc) is 4.58. The predicted octanol–water partition coefficient (Wildman–Crippen LogP) is 10.6. The van der Waals surface area contributed by atoms with Crippen LogP contribution < -0.4 is 0 Å². The third kappa shape index (κ3) is 50.3. The zero-order chi connectivity index (χ0) is 62.6. The van der Waals surface area contributed by atoms with Crippen LogP contribution in [0.15, 0.2) is 75.3 Å². The second-order valence-electron chi connectivity index (χ2n) is 14.2. The molecule has 1 amide bonds. The summed E-state index contributed by atoms with van der Waals surface area (Å²) in [4.78, 5) is 72.3. The largest absolute Gasteiger partial charge is 0.476 e. The minimum atomic E-state index is -1.07. The van der Waals surface area contributed by atoms with Crippen molar-refractivity contribution in [1.29, 1.82) is 0 Å². The van der Waals surface area contributed by atoms with Crippen LogP contribution >= 0.6 is 31.9 Å². The van der Waals surface area contributed by atoms with Crippen LogP contribution in [0.5, 0.6) is 0 Å². The number of halogens is 2. The SMILES string of the molecule is BrC(Br)=Cc1ccon1.CC.CC.CC.CC.COCCC(CC(=O)OC)C(=O)C#Cc1ccon1.COCCC(CC(=O)OC)C(=O)N(C)OC.COCCC(CC(=O)OC)c1noc(-c2ccon2)c1C.O=C(O)c1ccon1.[Y].[Y].[Y].[Y].[Y]. The molecular formula is C54H82Br2N6O19Y5. The van der Waals surface area contributed by atoms with Crippen LogP contribution in [0.1, 0.15) is 133 Å². The fourth-order valence-corrected chi connectivity index (χ4v) is 5.96. The summed E-state index contributed by atoms with van der Waals surface area (Å²) in [6, 6.07) is 6.29. The normalized spacial score (nSPS) is 9.80. The first-order valence-corrected chi connectivity index (χ1v) is 27.0. The number of Topliss-reactive ketones (excluding diaryl/α,β-unsaturated/α-hetero) is 1. The molecule has 86 heavy (non-hydrogen) atoms. The monoisotopic (exact) mass is 1720 g/mol. The number of ether oxygens (including phenoxy) is 6. The number of esters is 3. The summed E-state index contributed by atoms with van der Waals surface area (Å²) in [7, 11) is 11.5. The zero-order valence-electron chi connectivity index (χ0n) is 52.4. The van der Waals surface area contributed by atoms with Crippen molar-refractivity contribution in [3.05, 3.63) is 81.0 Å². The number of methoxy groups -OCH3 is 6. The first kappa shape index (κ1) is 104. The standard InChI is InChI=1S/C14H18N2O5.C13H15NO5.C10H19NO5.C5H3Br2NO.C4H3NO3.4C2H6.5Y/c1-9-13(10(4-6-18-2)8-12(17)19-3)16-21-14(9)11-5-7-20-15-11;1-17-7-5-10(9-13(16)18-2)12(15)4-3-11-6-8-19-14-11;1-11(16-4)10(13)8(5-6-14-2)7-9(12)15-3;6-5(7)3-4-1-2-9-8-4;6-4(7)3-1-2-8-5-3;4*1-2;;;;;/h5,7,10H,4,6,8H2,1-3H3;6,8,10H,5,7,9H2,1-2H3;8H,5-7H2,1-4H3;1-3H;1-2H,(H,6,7);4*1-2H3;;;;;. The molecule has 5 radical (unpaired) electrons. The molecule has 5 rings (SSSR count). The molecule has 0 bridgehead atoms. The number of nitrogens with zero attached hydrogens (tertiary/aromatic N) is 6. The maximum Gasteiger partial charge on any atom is 0.358 e. The molecule has 0 aliphatic rings. The fourth-order valence-electron chi connectivity index (χ4n) is 5.49. The number of aromatic nitrogens is 5. The zero-order valence-corrected chi connectivity index (χ0v) is 69.8. The van der Waals surface area contributed by atoms with Crippen LogP contribution in [0.4, 0.5) is 0 Å². The van der Waals surface area contributed by atoms with Gasteiger partial charge in [0.05, 0.1) is 62.7 Å². The summed E-state index contributed by atoms with van der Waals surface area (Å²) >= 11 is 6.38. The summed E-state index contributed by atoms with van der Waals surface area (Å²) in [5, 5.41) is 27.5. The molecule has 0 spiro atoms. The Labute approximate surface area is 648 Å². The Morgan fingerprint density at radius 3 is 1.47 bits per heavy atom. The first-order chi connectivity index (χ1) is 39.0. The number of carboxylic acids is 1. The van der Waals surface area contributed by atoms with E-state index in [2.05, 4.69) is 92.5 Å². The quantitative estimate of drug-likeness (QED) is 0.0291. The Bertz CT molecular complexity index is 2440. The van der Waals surface area contributed by atoms with Gasteiger partial charge in [-0.25, -0.2) is 9.86 Å². The van der Waals surface area contributed by atoms with E-state index in [0.717, 1.165) is 25.4 Å². The van der Waals surface area contributed by atoms with Gasteiger partial charge >= 0.3 is 23.9 Å². The molecule has 471 valence electrons. The molecule has 0 saturated carbocycles. The molecule has 0 fully saturated rings. The van der Waals surface area contributed by atoms with E-state index in [1.807, 2.05) is 62.3 Å². The first-order valence-electron chi connectivity index (χ1n) is 25.4. The van der Waals surface area contributed by atoms with Gasteiger partial charge in [0, 0.05) is 253 Å². The molecule has 0 aliphatic carbocycles. The molecular weight excluding hydrogens is 1640 g/mol. The summed E-state index contributed by atoms with van der Waals surface area (Å²) in [6.07, 6.45) is 9.14. The van der Waals surface area contributed by atoms with E-state index >= 15 is 0 Å². The Kier molecular flexibility index (Phi) is 85.6. The molecule has 0 aliphatic heterocycles. The molecule has 3 unspecified atom stereocenters. The molecule has 5 heterocycles. The second kappa shape index (κ2) is 71.1. The van der Waals surface area contributed by atoms with E-state index in [0.29, 0.717) is 56.2 Å². The van der Waals surface area contributed by atoms with E-state index in [1.165, 1.54) is 73.7 Å². The summed E-state index contributed by atoms with van der Waals surface area (Å²) in [5.41, 5.74) is 3.24. The minimum absolute atomic E-state index is 0. The number of amides is 1. The fraction of sp³-hybridized carbons (Fsp3) is 0.537. The van der Waals surface area contributed by atoms with Gasteiger partial charge in [0.15, 0.2) is 22.8 Å². The van der Waals surface area contributed by atoms with Crippen molar-refractivity contribution < 1.29 is 253 Å². The summed E-state index contributed by atoms with van der Waals surface area (Å²) in [6.45, 7) is 19.2. The van der Waals surface area contributed by atoms with E-state index in [4.69, 9.17) is 37.9 Å². The molecule has 5 aromatic rings. The predicted molar refractivity (Wildman–Crippen MR) is 305 cm³/mol. The van der Waals surface area contributed by atoms with Crippen LogP contribution in [-0.4, -0.2) is 148 Å². The van der Waals surface area contributed by atoms with Crippen LogP contribution in [0.2, 0.25) is 0 Å². The smallest absolute Gasteiger partial charge is 0.358 e. The molecule has 0 saturated heterocycles. The number of aromatic carboxylic acids is 1. The molecule has 32 heteroatoms. The van der Waals surface area contributed by atoms with E-state index in [-0.39, 0.29) is 212 Å². The molecule has 5 aromatic heterocycles. The van der Waals surface area contributed by atoms with Crippen molar-refractivity contribution in [1.82, 2.24) is 30.8 Å². The van der Waals surface area contributed by atoms with E-state index in [1.54, 1.807) is 38.5 Å². The molecule has 1 N–H and O–H groups in total. The molecule has 3 atom stereocenters. The van der Waals surface area contributed by atoms with Crippen LogP contribution in [0.25, 0.3) is 17.5 Å². The summed E-state index contributed by atoms with van der Waals surface area (Å²) in [5.74, 6) is 1.61. The van der Waals surface area contributed by atoms with Crippen molar-refractivity contribution in [2.24, 2.45) is 11.8 Å². The Balaban J connectivity index is -0.000000121. The number of carboxylic acid groups (broad SMARTS) is 1. The number of hydrogen-bond donors (Lipinski definition) is 1. The molecule has 25 nitrogen and oxygen atoms in total. The van der Waals surface area contributed by atoms with Gasteiger partial charge in [-0.2, -0.15) is 0 Å². The van der Waals surface area contributed by atoms with Crippen LogP contribution in [0, 0.1) is 30.6 Å². The van der Waals surface area contributed by atoms with Gasteiger partial charge in [-0.15, -0.1) is 0 Å². The van der Waals surface area contributed by atoms with Crippen molar-refractivity contribution in [3.63, 3.8) is 0 Å². The van der Waals surface area contributed by atoms with Crippen LogP contribution in [-0.2, 0) is 221 Å². The second-order valence-corrected chi connectivity index (χ2v) is 17.0. The van der Waals surface area contributed by atoms with Gasteiger partial charge in [-0.3, -0.25) is 28.8 Å². The van der Waals surface area contributed by atoms with Gasteiger partial charge in [-0.05, 0) is 76.0 Å². The minimum Gasteiger partial charge on any atom is -0.476 e. The Morgan fingerprint density at radius 1 is 0.605 bits per heavy atom.